The number of benzene rings is 2. The van der Waals surface area contributed by atoms with Crippen molar-refractivity contribution in [1.82, 2.24) is 0 Å². The molecule has 0 aromatic heterocycles. The second kappa shape index (κ2) is 8.65. The Kier molecular flexibility index (Phi) is 6.87. The molecule has 0 saturated heterocycles. The zero-order valence-corrected chi connectivity index (χ0v) is 12.4. The van der Waals surface area contributed by atoms with Crippen LogP contribution < -0.4 is 4.74 Å². The van der Waals surface area contributed by atoms with Gasteiger partial charge in [-0.25, -0.2) is 4.79 Å². The van der Waals surface area contributed by atoms with Gasteiger partial charge in [-0.1, -0.05) is 42.5 Å². The quantitative estimate of drug-likeness (QED) is 0.505. The normalized spacial score (nSPS) is 10.5. The molecule has 0 saturated carbocycles. The predicted octanol–water partition coefficient (Wildman–Crippen LogP) is 3.18. The zero-order valence-electron chi connectivity index (χ0n) is 14.4. The summed E-state index contributed by atoms with van der Waals surface area (Å²) in [7, 11) is 1.33. The second-order valence-electron chi connectivity index (χ2n) is 4.36. The molecule has 4 nitrogen and oxygen atoms in total. The summed E-state index contributed by atoms with van der Waals surface area (Å²) in [5, 5.41) is 8.88. The molecule has 0 aliphatic heterocycles. The number of aliphatic carboxylic acids is 1. The number of rotatable bonds is 6. The SMILES string of the molecule is COC(=Cc1ccc(OCc2ccccc2)cc1)C(=O)O.[Be+2].[H-].[H-]. The van der Waals surface area contributed by atoms with Crippen LogP contribution >= 0.6 is 0 Å². The molecule has 2 rings (SSSR count). The van der Waals surface area contributed by atoms with Gasteiger partial charge in [0.2, 0.25) is 5.76 Å². The van der Waals surface area contributed by atoms with Crippen LogP contribution in [-0.2, 0) is 16.1 Å². The van der Waals surface area contributed by atoms with Gasteiger partial charge in [-0.05, 0) is 29.3 Å². The van der Waals surface area contributed by atoms with Gasteiger partial charge in [-0.15, -0.1) is 0 Å². The minimum absolute atomic E-state index is 0. The first-order valence-electron chi connectivity index (χ1n) is 6.45. The molecule has 0 amide bonds. The number of hydrogen-bond acceptors (Lipinski definition) is 3. The van der Waals surface area contributed by atoms with Crippen molar-refractivity contribution in [2.45, 2.75) is 6.61 Å². The smallest absolute Gasteiger partial charge is 1.00 e. The fourth-order valence-electron chi connectivity index (χ4n) is 1.76. The van der Waals surface area contributed by atoms with Crippen molar-refractivity contribution in [2.75, 3.05) is 7.11 Å². The summed E-state index contributed by atoms with van der Waals surface area (Å²) < 4.78 is 10.4. The van der Waals surface area contributed by atoms with E-state index in [2.05, 4.69) is 0 Å². The summed E-state index contributed by atoms with van der Waals surface area (Å²) in [4.78, 5) is 10.8. The van der Waals surface area contributed by atoms with Crippen molar-refractivity contribution in [3.63, 3.8) is 0 Å². The topological polar surface area (TPSA) is 55.8 Å². The van der Waals surface area contributed by atoms with Crippen LogP contribution in [0.5, 0.6) is 5.75 Å². The molecule has 0 radical (unpaired) electrons. The standard InChI is InChI=1S/C17H16O4.Be.2H/c1-20-16(17(18)19)11-13-7-9-15(10-8-13)21-12-14-5-3-2-4-6-14;;;/h2-11H,12H2,1H3,(H,18,19);;;/q;+2;2*-1. The third-order valence-corrected chi connectivity index (χ3v) is 2.86. The van der Waals surface area contributed by atoms with Gasteiger partial charge in [0.15, 0.2) is 0 Å². The third-order valence-electron chi connectivity index (χ3n) is 2.86. The summed E-state index contributed by atoms with van der Waals surface area (Å²) >= 11 is 0. The van der Waals surface area contributed by atoms with E-state index in [4.69, 9.17) is 14.6 Å². The van der Waals surface area contributed by atoms with Gasteiger partial charge in [0, 0.05) is 0 Å². The van der Waals surface area contributed by atoms with E-state index in [0.717, 1.165) is 16.9 Å². The molecule has 0 fully saturated rings. The Labute approximate surface area is 136 Å². The van der Waals surface area contributed by atoms with Crippen LogP contribution in [0.3, 0.4) is 0 Å². The van der Waals surface area contributed by atoms with Crippen LogP contribution in [0, 0.1) is 0 Å². The predicted molar refractivity (Wildman–Crippen MR) is 87.8 cm³/mol. The molecular weight excluding hydrogens is 277 g/mol. The van der Waals surface area contributed by atoms with Crippen molar-refractivity contribution in [3.8, 4) is 5.75 Å². The van der Waals surface area contributed by atoms with Gasteiger partial charge in [-0.3, -0.25) is 0 Å². The second-order valence-corrected chi connectivity index (χ2v) is 4.36. The zero-order chi connectivity index (χ0) is 15.1. The molecule has 0 heterocycles. The minimum Gasteiger partial charge on any atom is -1.00 e. The van der Waals surface area contributed by atoms with Crippen LogP contribution in [-0.4, -0.2) is 28.3 Å². The Morgan fingerprint density at radius 2 is 1.77 bits per heavy atom. The molecule has 2 aromatic carbocycles. The Hall–Kier alpha value is -2.58. The summed E-state index contributed by atoms with van der Waals surface area (Å²) in [5.41, 5.74) is 1.83. The summed E-state index contributed by atoms with van der Waals surface area (Å²) in [6.45, 7) is 0.495. The van der Waals surface area contributed by atoms with E-state index in [1.54, 1.807) is 24.3 Å². The monoisotopic (exact) mass is 295 g/mol. The average Bonchev–Trinajstić information content (AvgIpc) is 2.52. The first-order valence-corrected chi connectivity index (χ1v) is 6.45. The fraction of sp³-hybridized carbons (Fsp3) is 0.118. The Morgan fingerprint density at radius 1 is 1.14 bits per heavy atom. The third kappa shape index (κ3) is 5.07. The summed E-state index contributed by atoms with van der Waals surface area (Å²) in [6, 6.07) is 17.0. The molecule has 0 bridgehead atoms. The van der Waals surface area contributed by atoms with Crippen molar-refractivity contribution in [1.29, 1.82) is 0 Å². The van der Waals surface area contributed by atoms with Gasteiger partial charge in [0.25, 0.3) is 0 Å². The molecule has 0 atom stereocenters. The molecular formula is C17H18BeO4. The number of carboxylic acids is 1. The molecule has 1 N–H and O–H groups in total. The van der Waals surface area contributed by atoms with E-state index in [0.29, 0.717) is 6.61 Å². The number of hydrogen-bond donors (Lipinski definition) is 1. The van der Waals surface area contributed by atoms with Gasteiger partial charge in [-0.2, -0.15) is 0 Å². The van der Waals surface area contributed by atoms with E-state index >= 15 is 0 Å². The van der Waals surface area contributed by atoms with Crippen LogP contribution in [0.25, 0.3) is 6.08 Å². The van der Waals surface area contributed by atoms with Crippen LogP contribution in [0.4, 0.5) is 0 Å². The number of carbonyl (C=O) groups is 1. The van der Waals surface area contributed by atoms with Gasteiger partial charge in [0.1, 0.15) is 12.4 Å². The molecule has 2 aromatic rings. The molecule has 0 aliphatic rings. The minimum atomic E-state index is -1.10. The van der Waals surface area contributed by atoms with Crippen molar-refractivity contribution < 1.29 is 22.2 Å². The number of methoxy groups -OCH3 is 1. The van der Waals surface area contributed by atoms with Crippen LogP contribution in [0.1, 0.15) is 14.0 Å². The van der Waals surface area contributed by atoms with Crippen LogP contribution in [0.2, 0.25) is 0 Å². The van der Waals surface area contributed by atoms with Gasteiger partial charge >= 0.3 is 16.1 Å². The number of ether oxygens (including phenoxy) is 2. The van der Waals surface area contributed by atoms with E-state index in [-0.39, 0.29) is 18.7 Å². The van der Waals surface area contributed by atoms with E-state index in [1.165, 1.54) is 13.2 Å². The maximum Gasteiger partial charge on any atom is 2.00 e. The fourth-order valence-corrected chi connectivity index (χ4v) is 1.76. The maximum absolute atomic E-state index is 10.8. The van der Waals surface area contributed by atoms with E-state index in [9.17, 15) is 4.79 Å². The molecule has 0 spiro atoms. The molecule has 112 valence electrons. The molecule has 5 heteroatoms. The van der Waals surface area contributed by atoms with Crippen molar-refractivity contribution in [2.24, 2.45) is 0 Å². The largest absolute Gasteiger partial charge is 2.00 e. The molecule has 0 unspecified atom stereocenters. The Morgan fingerprint density at radius 3 is 2.32 bits per heavy atom. The van der Waals surface area contributed by atoms with Crippen molar-refractivity contribution in [3.05, 3.63) is 71.5 Å². The molecule has 22 heavy (non-hydrogen) atoms. The van der Waals surface area contributed by atoms with Crippen LogP contribution in [0.15, 0.2) is 60.4 Å². The average molecular weight is 295 g/mol. The molecule has 0 aliphatic carbocycles. The Balaban J connectivity index is 0. The number of carboxylic acid groups (broad SMARTS) is 1. The van der Waals surface area contributed by atoms with E-state index < -0.39 is 5.97 Å². The Bertz CT molecular complexity index is 631. The van der Waals surface area contributed by atoms with E-state index in [1.807, 2.05) is 30.3 Å². The maximum atomic E-state index is 10.8. The first kappa shape index (κ1) is 17.5. The van der Waals surface area contributed by atoms with Crippen molar-refractivity contribution >= 4 is 22.2 Å². The van der Waals surface area contributed by atoms with Gasteiger partial charge < -0.3 is 17.4 Å². The first-order chi connectivity index (χ1) is 10.2. The summed E-state index contributed by atoms with van der Waals surface area (Å²) in [5.74, 6) is -0.472. The summed E-state index contributed by atoms with van der Waals surface area (Å²) in [6.07, 6.45) is 1.46. The van der Waals surface area contributed by atoms with Gasteiger partial charge in [0.05, 0.1) is 7.11 Å².